The number of hydrogen-bond acceptors (Lipinski definition) is 5. The second-order valence-electron chi connectivity index (χ2n) is 3.62. The molecule has 0 aliphatic carbocycles. The van der Waals surface area contributed by atoms with Crippen LogP contribution in [0.3, 0.4) is 0 Å². The molecule has 18 heavy (non-hydrogen) atoms. The topological polar surface area (TPSA) is 117 Å². The van der Waals surface area contributed by atoms with Crippen LogP contribution in [-0.2, 0) is 9.53 Å². The van der Waals surface area contributed by atoms with Crippen LogP contribution in [0.1, 0.15) is 18.6 Å². The van der Waals surface area contributed by atoms with Gasteiger partial charge in [0.05, 0.1) is 17.1 Å². The zero-order valence-corrected chi connectivity index (χ0v) is 9.91. The minimum Gasteiger partial charge on any atom is -0.462 e. The fraction of sp³-hybridized carbons (Fsp3) is 0.364. The molecule has 1 aromatic rings. The molecule has 0 fully saturated rings. The number of quaternary nitrogens is 1. The van der Waals surface area contributed by atoms with Gasteiger partial charge in [-0.15, -0.1) is 0 Å². The van der Waals surface area contributed by atoms with E-state index in [0.29, 0.717) is 0 Å². The SMILES string of the molecule is CCOC(=O)[C@H]([NH3+])[C@H](O)c1ccccc1[N+](=O)[O-]. The molecule has 0 aliphatic rings. The van der Waals surface area contributed by atoms with Crippen molar-refractivity contribution in [2.24, 2.45) is 0 Å². The smallest absolute Gasteiger partial charge is 0.367 e. The summed E-state index contributed by atoms with van der Waals surface area (Å²) in [7, 11) is 0. The summed E-state index contributed by atoms with van der Waals surface area (Å²) in [6, 6.07) is 4.57. The Bertz CT molecular complexity index is 449. The van der Waals surface area contributed by atoms with Crippen molar-refractivity contribution in [2.45, 2.75) is 19.1 Å². The predicted molar refractivity (Wildman–Crippen MR) is 61.4 cm³/mol. The number of carbonyl (C=O) groups excluding carboxylic acids is 1. The fourth-order valence-electron chi connectivity index (χ4n) is 1.50. The predicted octanol–water partition coefficient (Wildman–Crippen LogP) is -0.198. The zero-order valence-electron chi connectivity index (χ0n) is 9.91. The van der Waals surface area contributed by atoms with Crippen LogP contribution in [-0.4, -0.2) is 28.6 Å². The summed E-state index contributed by atoms with van der Waals surface area (Å²) >= 11 is 0. The quantitative estimate of drug-likeness (QED) is 0.429. The minimum atomic E-state index is -1.37. The Hall–Kier alpha value is -1.99. The normalized spacial score (nSPS) is 13.7. The molecule has 0 aliphatic heterocycles. The molecule has 0 saturated carbocycles. The molecule has 7 heteroatoms. The van der Waals surface area contributed by atoms with E-state index >= 15 is 0 Å². The molecule has 2 atom stereocenters. The number of para-hydroxylation sites is 1. The van der Waals surface area contributed by atoms with E-state index in [4.69, 9.17) is 4.74 Å². The van der Waals surface area contributed by atoms with E-state index in [1.54, 1.807) is 13.0 Å². The van der Waals surface area contributed by atoms with Crippen LogP contribution in [0, 0.1) is 10.1 Å². The number of nitro benzene ring substituents is 1. The van der Waals surface area contributed by atoms with Crippen LogP contribution in [0.25, 0.3) is 0 Å². The van der Waals surface area contributed by atoms with E-state index in [2.05, 4.69) is 5.73 Å². The van der Waals surface area contributed by atoms with Crippen molar-refractivity contribution in [1.29, 1.82) is 0 Å². The molecule has 0 spiro atoms. The Morgan fingerprint density at radius 3 is 2.72 bits per heavy atom. The molecule has 4 N–H and O–H groups in total. The lowest BCUT2D eigenvalue weighted by molar-refractivity contribution is -0.428. The van der Waals surface area contributed by atoms with Gasteiger partial charge in [0.25, 0.3) is 5.69 Å². The van der Waals surface area contributed by atoms with E-state index in [1.165, 1.54) is 18.2 Å². The number of rotatable bonds is 5. The first-order valence-electron chi connectivity index (χ1n) is 5.40. The van der Waals surface area contributed by atoms with Crippen LogP contribution in [0.4, 0.5) is 5.69 Å². The van der Waals surface area contributed by atoms with Crippen molar-refractivity contribution < 1.29 is 25.3 Å². The summed E-state index contributed by atoms with van der Waals surface area (Å²) in [5.41, 5.74) is 3.29. The number of esters is 1. The summed E-state index contributed by atoms with van der Waals surface area (Å²) < 4.78 is 4.72. The van der Waals surface area contributed by atoms with Crippen molar-refractivity contribution in [3.05, 3.63) is 39.9 Å². The Morgan fingerprint density at radius 1 is 1.56 bits per heavy atom. The molecule has 98 valence electrons. The largest absolute Gasteiger partial charge is 0.462 e. The first kappa shape index (κ1) is 14.1. The van der Waals surface area contributed by atoms with Gasteiger partial charge in [0.2, 0.25) is 6.04 Å². The molecule has 1 aromatic carbocycles. The molecule has 0 saturated heterocycles. The second kappa shape index (κ2) is 6.08. The first-order valence-corrected chi connectivity index (χ1v) is 5.40. The Balaban J connectivity index is 2.99. The van der Waals surface area contributed by atoms with Gasteiger partial charge < -0.3 is 15.6 Å². The second-order valence-corrected chi connectivity index (χ2v) is 3.62. The number of benzene rings is 1. The van der Waals surface area contributed by atoms with Crippen LogP contribution in [0.2, 0.25) is 0 Å². The highest BCUT2D eigenvalue weighted by atomic mass is 16.6. The van der Waals surface area contributed by atoms with Gasteiger partial charge in [-0.1, -0.05) is 12.1 Å². The highest BCUT2D eigenvalue weighted by molar-refractivity contribution is 5.75. The third-order valence-electron chi connectivity index (χ3n) is 2.42. The van der Waals surface area contributed by atoms with Crippen LogP contribution in [0.5, 0.6) is 0 Å². The molecule has 0 bridgehead atoms. The molecular formula is C11H15N2O5+. The number of nitrogens with zero attached hydrogens (tertiary/aromatic N) is 1. The maximum atomic E-state index is 11.4. The monoisotopic (exact) mass is 255 g/mol. The lowest BCUT2D eigenvalue weighted by Gasteiger charge is -2.14. The maximum Gasteiger partial charge on any atom is 0.367 e. The summed E-state index contributed by atoms with van der Waals surface area (Å²) in [4.78, 5) is 21.6. The molecule has 7 nitrogen and oxygen atoms in total. The third kappa shape index (κ3) is 3.02. The number of hydrogen-bond donors (Lipinski definition) is 2. The van der Waals surface area contributed by atoms with Gasteiger partial charge in [-0.25, -0.2) is 4.79 Å². The number of ether oxygens (including phenoxy) is 1. The van der Waals surface area contributed by atoms with E-state index in [1.807, 2.05) is 0 Å². The third-order valence-corrected chi connectivity index (χ3v) is 2.42. The van der Waals surface area contributed by atoms with E-state index < -0.39 is 23.0 Å². The van der Waals surface area contributed by atoms with E-state index in [-0.39, 0.29) is 17.9 Å². The van der Waals surface area contributed by atoms with Crippen molar-refractivity contribution in [1.82, 2.24) is 0 Å². The molecule has 0 heterocycles. The van der Waals surface area contributed by atoms with Gasteiger partial charge in [0.1, 0.15) is 6.10 Å². The summed E-state index contributed by atoms with van der Waals surface area (Å²) in [6.07, 6.45) is -1.37. The zero-order chi connectivity index (χ0) is 13.7. The van der Waals surface area contributed by atoms with Crippen LogP contribution < -0.4 is 5.73 Å². The lowest BCUT2D eigenvalue weighted by atomic mass is 10.0. The van der Waals surface area contributed by atoms with E-state index in [9.17, 15) is 20.0 Å². The Kier molecular flexibility index (Phi) is 4.75. The van der Waals surface area contributed by atoms with Gasteiger partial charge in [-0.05, 0) is 13.0 Å². The van der Waals surface area contributed by atoms with Crippen LogP contribution in [0.15, 0.2) is 24.3 Å². The number of carbonyl (C=O) groups is 1. The molecule has 0 radical (unpaired) electrons. The van der Waals surface area contributed by atoms with Crippen molar-refractivity contribution in [2.75, 3.05) is 6.61 Å². The Labute approximate surface area is 103 Å². The summed E-state index contributed by atoms with van der Waals surface area (Å²) in [5.74, 6) is -0.692. The van der Waals surface area contributed by atoms with Crippen molar-refractivity contribution in [3.63, 3.8) is 0 Å². The molecule has 1 rings (SSSR count). The Morgan fingerprint density at radius 2 is 2.17 bits per heavy atom. The molecule has 0 amide bonds. The van der Waals surface area contributed by atoms with Crippen molar-refractivity contribution in [3.8, 4) is 0 Å². The lowest BCUT2D eigenvalue weighted by Crippen LogP contribution is -2.68. The van der Waals surface area contributed by atoms with Gasteiger partial charge >= 0.3 is 5.97 Å². The highest BCUT2D eigenvalue weighted by Gasteiger charge is 2.33. The average molecular weight is 255 g/mol. The average Bonchev–Trinajstić information content (AvgIpc) is 2.37. The van der Waals surface area contributed by atoms with Crippen LogP contribution >= 0.6 is 0 Å². The fourth-order valence-corrected chi connectivity index (χ4v) is 1.50. The maximum absolute atomic E-state index is 11.4. The number of nitro groups is 1. The van der Waals surface area contributed by atoms with Gasteiger partial charge in [0.15, 0.2) is 0 Å². The van der Waals surface area contributed by atoms with E-state index in [0.717, 1.165) is 0 Å². The van der Waals surface area contributed by atoms with Gasteiger partial charge in [-0.3, -0.25) is 10.1 Å². The minimum absolute atomic E-state index is 0.0514. The molecular weight excluding hydrogens is 240 g/mol. The summed E-state index contributed by atoms with van der Waals surface area (Å²) in [5, 5.41) is 20.8. The molecule has 0 aromatic heterocycles. The van der Waals surface area contributed by atoms with Gasteiger partial charge in [-0.2, -0.15) is 0 Å². The number of aliphatic hydroxyl groups excluding tert-OH is 1. The standard InChI is InChI=1S/C11H14N2O5/c1-2-18-11(15)9(12)10(14)7-5-3-4-6-8(7)13(16)17/h3-6,9-10,14H,2,12H2,1H3/p+1/t9-,10-/m1/s1. The highest BCUT2D eigenvalue weighted by Crippen LogP contribution is 2.26. The first-order chi connectivity index (χ1) is 8.49. The number of aliphatic hydroxyl groups is 1. The summed E-state index contributed by atoms with van der Waals surface area (Å²) in [6.45, 7) is 1.79. The molecule has 0 unspecified atom stereocenters. The van der Waals surface area contributed by atoms with Gasteiger partial charge in [0, 0.05) is 6.07 Å². The van der Waals surface area contributed by atoms with Crippen molar-refractivity contribution >= 4 is 11.7 Å².